The Hall–Kier alpha value is -1.24. The normalized spacial score (nSPS) is 9.65. The van der Waals surface area contributed by atoms with Crippen LogP contribution < -0.4 is 16.4 Å². The molecule has 0 unspecified atom stereocenters. The number of halogens is 1. The van der Waals surface area contributed by atoms with E-state index in [2.05, 4.69) is 10.6 Å². The minimum absolute atomic E-state index is 0. The second-order valence-corrected chi connectivity index (χ2v) is 5.10. The van der Waals surface area contributed by atoms with Crippen molar-refractivity contribution in [3.05, 3.63) is 24.3 Å². The van der Waals surface area contributed by atoms with Gasteiger partial charge in [-0.05, 0) is 19.2 Å². The third-order valence-corrected chi connectivity index (χ3v) is 3.44. The first-order valence-corrected chi connectivity index (χ1v) is 7.06. The number of nitrogens with two attached hydrogens (primary N) is 1. The Morgan fingerprint density at radius 2 is 1.95 bits per heavy atom. The van der Waals surface area contributed by atoms with Gasteiger partial charge in [-0.25, -0.2) is 0 Å². The van der Waals surface area contributed by atoms with Gasteiger partial charge in [0, 0.05) is 30.0 Å². The minimum Gasteiger partial charge on any atom is -0.370 e. The number of amides is 2. The second kappa shape index (κ2) is 10.5. The molecule has 0 radical (unpaired) electrons. The van der Waals surface area contributed by atoms with E-state index in [-0.39, 0.29) is 24.2 Å². The zero-order chi connectivity index (χ0) is 14.1. The highest BCUT2D eigenvalue weighted by molar-refractivity contribution is 7.99. The van der Waals surface area contributed by atoms with Crippen molar-refractivity contribution in [1.29, 1.82) is 0 Å². The number of nitrogens with one attached hydrogen (secondary N) is 2. The number of hydrogen-bond donors (Lipinski definition) is 3. The lowest BCUT2D eigenvalue weighted by Gasteiger charge is -2.10. The van der Waals surface area contributed by atoms with Crippen LogP contribution in [0.3, 0.4) is 0 Å². The number of para-hydroxylation sites is 1. The highest BCUT2D eigenvalue weighted by Gasteiger charge is 2.07. The molecule has 2 amide bonds. The number of thioether (sulfide) groups is 1. The van der Waals surface area contributed by atoms with Gasteiger partial charge >= 0.3 is 0 Å². The van der Waals surface area contributed by atoms with E-state index in [1.165, 1.54) is 11.8 Å². The molecule has 0 fully saturated rings. The van der Waals surface area contributed by atoms with Crippen molar-refractivity contribution in [1.82, 2.24) is 5.32 Å². The zero-order valence-corrected chi connectivity index (χ0v) is 13.0. The Kier molecular flexibility index (Phi) is 9.88. The first kappa shape index (κ1) is 18.8. The molecule has 0 spiro atoms. The molecule has 0 aliphatic heterocycles. The first-order chi connectivity index (χ1) is 9.13. The van der Waals surface area contributed by atoms with Crippen LogP contribution in [-0.2, 0) is 9.59 Å². The molecule has 112 valence electrons. The lowest BCUT2D eigenvalue weighted by atomic mass is 10.3. The second-order valence-electron chi connectivity index (χ2n) is 3.96. The predicted octanol–water partition coefficient (Wildman–Crippen LogP) is 1.62. The van der Waals surface area contributed by atoms with Gasteiger partial charge in [0.05, 0.1) is 5.69 Å². The summed E-state index contributed by atoms with van der Waals surface area (Å²) in [5.74, 6) is 0.263. The van der Waals surface area contributed by atoms with Gasteiger partial charge in [-0.1, -0.05) is 12.1 Å². The fourth-order valence-corrected chi connectivity index (χ4v) is 2.38. The van der Waals surface area contributed by atoms with Gasteiger partial charge in [-0.2, -0.15) is 0 Å². The maximum absolute atomic E-state index is 11.7. The molecule has 0 bridgehead atoms. The Bertz CT molecular complexity index is 443. The smallest absolute Gasteiger partial charge is 0.225 e. The fourth-order valence-electron chi connectivity index (χ4n) is 1.41. The summed E-state index contributed by atoms with van der Waals surface area (Å²) >= 11 is 1.51. The van der Waals surface area contributed by atoms with Gasteiger partial charge < -0.3 is 16.4 Å². The summed E-state index contributed by atoms with van der Waals surface area (Å²) in [6.07, 6.45) is 0.753. The summed E-state index contributed by atoms with van der Waals surface area (Å²) in [5.41, 5.74) is 5.88. The Labute approximate surface area is 129 Å². The molecular weight excluding hydrogens is 298 g/mol. The molecule has 20 heavy (non-hydrogen) atoms. The molecule has 0 heterocycles. The van der Waals surface area contributed by atoms with Crippen LogP contribution >= 0.6 is 24.2 Å². The molecule has 4 N–H and O–H groups in total. The number of anilines is 1. The molecule has 1 rings (SSSR count). The number of primary amides is 1. The largest absolute Gasteiger partial charge is 0.370 e. The molecular formula is C13H20ClN3O2S. The third kappa shape index (κ3) is 7.37. The van der Waals surface area contributed by atoms with Crippen molar-refractivity contribution in [2.45, 2.75) is 17.7 Å². The van der Waals surface area contributed by atoms with E-state index in [0.717, 1.165) is 10.6 Å². The van der Waals surface area contributed by atoms with Crippen molar-refractivity contribution in [2.75, 3.05) is 24.7 Å². The van der Waals surface area contributed by atoms with Crippen LogP contribution in [0.4, 0.5) is 5.69 Å². The molecule has 0 saturated heterocycles. The average Bonchev–Trinajstić information content (AvgIpc) is 2.38. The number of hydrogen-bond acceptors (Lipinski definition) is 4. The summed E-state index contributed by atoms with van der Waals surface area (Å²) in [7, 11) is 1.81. The molecule has 0 aliphatic carbocycles. The molecule has 7 heteroatoms. The van der Waals surface area contributed by atoms with Crippen molar-refractivity contribution in [3.8, 4) is 0 Å². The van der Waals surface area contributed by atoms with E-state index < -0.39 is 0 Å². The highest BCUT2D eigenvalue weighted by Crippen LogP contribution is 2.27. The van der Waals surface area contributed by atoms with E-state index in [1.54, 1.807) is 7.05 Å². The zero-order valence-electron chi connectivity index (χ0n) is 11.3. The summed E-state index contributed by atoms with van der Waals surface area (Å²) in [6.45, 7) is 0.642. The molecule has 5 nitrogen and oxygen atoms in total. The average molecular weight is 318 g/mol. The molecule has 0 aromatic heterocycles. The van der Waals surface area contributed by atoms with Crippen LogP contribution in [-0.4, -0.2) is 31.2 Å². The maximum atomic E-state index is 11.7. The Morgan fingerprint density at radius 3 is 2.60 bits per heavy atom. The lowest BCUT2D eigenvalue weighted by molar-refractivity contribution is -0.118. The van der Waals surface area contributed by atoms with E-state index in [1.807, 2.05) is 24.3 Å². The first-order valence-electron chi connectivity index (χ1n) is 6.08. The summed E-state index contributed by atoms with van der Waals surface area (Å²) in [4.78, 5) is 23.3. The summed E-state index contributed by atoms with van der Waals surface area (Å²) in [5, 5.41) is 5.80. The van der Waals surface area contributed by atoms with E-state index >= 15 is 0 Å². The summed E-state index contributed by atoms with van der Waals surface area (Å²) in [6, 6.07) is 7.53. The molecule has 0 atom stereocenters. The van der Waals surface area contributed by atoms with Gasteiger partial charge in [0.1, 0.15) is 0 Å². The third-order valence-electron chi connectivity index (χ3n) is 2.37. The number of rotatable bonds is 8. The highest BCUT2D eigenvalue weighted by atomic mass is 35.5. The summed E-state index contributed by atoms with van der Waals surface area (Å²) < 4.78 is 0. The van der Waals surface area contributed by atoms with Crippen molar-refractivity contribution in [2.24, 2.45) is 5.73 Å². The maximum Gasteiger partial charge on any atom is 0.225 e. The minimum atomic E-state index is -0.317. The van der Waals surface area contributed by atoms with Crippen LogP contribution in [0.5, 0.6) is 0 Å². The van der Waals surface area contributed by atoms with Gasteiger partial charge in [0.2, 0.25) is 11.8 Å². The van der Waals surface area contributed by atoms with Gasteiger partial charge in [0.25, 0.3) is 0 Å². The predicted molar refractivity (Wildman–Crippen MR) is 85.4 cm³/mol. The van der Waals surface area contributed by atoms with Crippen molar-refractivity contribution in [3.63, 3.8) is 0 Å². The van der Waals surface area contributed by atoms with Crippen molar-refractivity contribution < 1.29 is 9.59 Å². The van der Waals surface area contributed by atoms with Crippen LogP contribution in [0.2, 0.25) is 0 Å². The molecule has 1 aromatic carbocycles. The van der Waals surface area contributed by atoms with Crippen LogP contribution in [0.1, 0.15) is 12.8 Å². The Balaban J connectivity index is 0.00000361. The SMILES string of the molecule is CNCCC(=O)Nc1ccccc1SCCC(N)=O.Cl. The van der Waals surface area contributed by atoms with Gasteiger partial charge in [-0.3, -0.25) is 9.59 Å². The van der Waals surface area contributed by atoms with Gasteiger partial charge in [0.15, 0.2) is 0 Å². The topological polar surface area (TPSA) is 84.2 Å². The Morgan fingerprint density at radius 1 is 1.25 bits per heavy atom. The van der Waals surface area contributed by atoms with E-state index in [4.69, 9.17) is 5.73 Å². The van der Waals surface area contributed by atoms with E-state index in [0.29, 0.717) is 25.1 Å². The number of carbonyl (C=O) groups excluding carboxylic acids is 2. The fraction of sp³-hybridized carbons (Fsp3) is 0.385. The van der Waals surface area contributed by atoms with Gasteiger partial charge in [-0.15, -0.1) is 24.2 Å². The monoisotopic (exact) mass is 317 g/mol. The quantitative estimate of drug-likeness (QED) is 0.636. The van der Waals surface area contributed by atoms with Crippen LogP contribution in [0, 0.1) is 0 Å². The molecule has 0 aliphatic rings. The lowest BCUT2D eigenvalue weighted by Crippen LogP contribution is -2.19. The number of carbonyl (C=O) groups is 2. The van der Waals surface area contributed by atoms with Crippen molar-refractivity contribution >= 4 is 41.7 Å². The molecule has 0 saturated carbocycles. The van der Waals surface area contributed by atoms with Crippen LogP contribution in [0.25, 0.3) is 0 Å². The number of benzene rings is 1. The standard InChI is InChI=1S/C13H19N3O2S.ClH/c1-15-8-6-13(18)16-10-4-2-3-5-11(10)19-9-7-12(14)17;/h2-5,15H,6-9H2,1H3,(H2,14,17)(H,16,18);1H. The molecule has 1 aromatic rings. The van der Waals surface area contributed by atoms with Crippen LogP contribution in [0.15, 0.2) is 29.2 Å². The van der Waals surface area contributed by atoms with E-state index in [9.17, 15) is 9.59 Å².